The minimum absolute atomic E-state index is 0.629. The molecule has 0 saturated heterocycles. The van der Waals surface area contributed by atoms with Gasteiger partial charge < -0.3 is 0 Å². The van der Waals surface area contributed by atoms with E-state index in [1.54, 1.807) is 15.7 Å². The highest BCUT2D eigenvalue weighted by molar-refractivity contribution is 14.1. The fraction of sp³-hybridized carbons (Fsp3) is 0.429. The lowest BCUT2D eigenvalue weighted by Gasteiger charge is -1.92. The molecule has 2 heterocycles. The standard InChI is InChI=1S/C7H9IN6/c1-3-14-11-7(10-12-14)5-4-9-13(2)6(5)8/h4H,3H2,1-2H3. The number of aryl methyl sites for hydroxylation is 2. The Kier molecular flexibility index (Phi) is 2.48. The Morgan fingerprint density at radius 2 is 2.29 bits per heavy atom. The maximum Gasteiger partial charge on any atom is 0.209 e. The van der Waals surface area contributed by atoms with Crippen molar-refractivity contribution in [2.45, 2.75) is 13.5 Å². The van der Waals surface area contributed by atoms with Gasteiger partial charge in [-0.15, -0.1) is 10.2 Å². The molecule has 0 unspecified atom stereocenters. The van der Waals surface area contributed by atoms with Crippen molar-refractivity contribution in [2.24, 2.45) is 7.05 Å². The summed E-state index contributed by atoms with van der Waals surface area (Å²) < 4.78 is 2.79. The van der Waals surface area contributed by atoms with E-state index in [2.05, 4.69) is 43.1 Å². The van der Waals surface area contributed by atoms with Crippen molar-refractivity contribution < 1.29 is 0 Å². The van der Waals surface area contributed by atoms with Gasteiger partial charge in [0.1, 0.15) is 3.70 Å². The zero-order chi connectivity index (χ0) is 10.1. The molecule has 0 N–H and O–H groups in total. The number of nitrogens with zero attached hydrogens (tertiary/aromatic N) is 6. The highest BCUT2D eigenvalue weighted by atomic mass is 127. The van der Waals surface area contributed by atoms with Gasteiger partial charge in [-0.2, -0.15) is 9.90 Å². The molecule has 0 atom stereocenters. The van der Waals surface area contributed by atoms with E-state index in [0.29, 0.717) is 5.82 Å². The van der Waals surface area contributed by atoms with Crippen LogP contribution >= 0.6 is 22.6 Å². The molecule has 2 rings (SSSR count). The lowest BCUT2D eigenvalue weighted by Crippen LogP contribution is -1.98. The molecule has 0 aromatic carbocycles. The van der Waals surface area contributed by atoms with Crippen LogP contribution in [0.1, 0.15) is 6.92 Å². The highest BCUT2D eigenvalue weighted by Crippen LogP contribution is 2.19. The number of hydrogen-bond donors (Lipinski definition) is 0. The molecule has 14 heavy (non-hydrogen) atoms. The quantitative estimate of drug-likeness (QED) is 0.766. The van der Waals surface area contributed by atoms with Crippen LogP contribution in [-0.4, -0.2) is 30.0 Å². The molecule has 0 aliphatic carbocycles. The Morgan fingerprint density at radius 1 is 1.50 bits per heavy atom. The first-order chi connectivity index (χ1) is 6.72. The Bertz CT molecular complexity index is 445. The zero-order valence-electron chi connectivity index (χ0n) is 7.85. The molecule has 0 spiro atoms. The summed E-state index contributed by atoms with van der Waals surface area (Å²) in [5.74, 6) is 0.629. The van der Waals surface area contributed by atoms with Gasteiger partial charge in [-0.3, -0.25) is 4.68 Å². The molecule has 74 valence electrons. The van der Waals surface area contributed by atoms with E-state index >= 15 is 0 Å². The molecule has 0 saturated carbocycles. The molecule has 2 aromatic rings. The third-order valence-electron chi connectivity index (χ3n) is 1.84. The summed E-state index contributed by atoms with van der Waals surface area (Å²) in [6, 6.07) is 0. The van der Waals surface area contributed by atoms with Crippen molar-refractivity contribution in [1.82, 2.24) is 30.0 Å². The molecule has 0 fully saturated rings. The molecule has 0 aliphatic rings. The molecule has 7 heteroatoms. The van der Waals surface area contributed by atoms with E-state index in [1.165, 1.54) is 0 Å². The second-order valence-electron chi connectivity index (χ2n) is 2.77. The molecule has 0 bridgehead atoms. The SMILES string of the molecule is CCn1nnc(-c2cnn(C)c2I)n1. The first-order valence-electron chi connectivity index (χ1n) is 4.18. The highest BCUT2D eigenvalue weighted by Gasteiger charge is 2.12. The van der Waals surface area contributed by atoms with Crippen LogP contribution in [0.4, 0.5) is 0 Å². The summed E-state index contributed by atoms with van der Waals surface area (Å²) >= 11 is 2.21. The molecule has 2 aromatic heterocycles. The van der Waals surface area contributed by atoms with Gasteiger partial charge in [0.25, 0.3) is 0 Å². The van der Waals surface area contributed by atoms with Crippen LogP contribution in [0.15, 0.2) is 6.20 Å². The number of halogens is 1. The first kappa shape index (κ1) is 9.56. The maximum absolute atomic E-state index is 4.21. The Labute approximate surface area is 94.4 Å². The average molecular weight is 304 g/mol. The molecular formula is C7H9IN6. The van der Waals surface area contributed by atoms with Gasteiger partial charge in [0.2, 0.25) is 5.82 Å². The number of tetrazole rings is 1. The predicted molar refractivity (Wildman–Crippen MR) is 58.4 cm³/mol. The van der Waals surface area contributed by atoms with Gasteiger partial charge in [0, 0.05) is 7.05 Å². The van der Waals surface area contributed by atoms with Crippen LogP contribution in [0.5, 0.6) is 0 Å². The number of aromatic nitrogens is 6. The topological polar surface area (TPSA) is 61.4 Å². The van der Waals surface area contributed by atoms with Crippen LogP contribution in [0.2, 0.25) is 0 Å². The normalized spacial score (nSPS) is 10.8. The van der Waals surface area contributed by atoms with Crippen LogP contribution in [0, 0.1) is 3.70 Å². The van der Waals surface area contributed by atoms with E-state index in [-0.39, 0.29) is 0 Å². The van der Waals surface area contributed by atoms with Crippen molar-refractivity contribution in [3.05, 3.63) is 9.90 Å². The molecule has 0 aliphatic heterocycles. The fourth-order valence-electron chi connectivity index (χ4n) is 1.06. The monoisotopic (exact) mass is 304 g/mol. The van der Waals surface area contributed by atoms with E-state index < -0.39 is 0 Å². The van der Waals surface area contributed by atoms with Gasteiger partial charge in [-0.25, -0.2) is 0 Å². The van der Waals surface area contributed by atoms with Gasteiger partial charge in [0.15, 0.2) is 0 Å². The minimum Gasteiger partial charge on any atom is -0.262 e. The van der Waals surface area contributed by atoms with Crippen LogP contribution in [-0.2, 0) is 13.6 Å². The molecule has 6 nitrogen and oxygen atoms in total. The van der Waals surface area contributed by atoms with Crippen LogP contribution in [0.3, 0.4) is 0 Å². The zero-order valence-corrected chi connectivity index (χ0v) is 10.0. The summed E-state index contributed by atoms with van der Waals surface area (Å²) in [5.41, 5.74) is 0.924. The predicted octanol–water partition coefficient (Wildman–Crippen LogP) is 0.698. The smallest absolute Gasteiger partial charge is 0.209 e. The Hall–Kier alpha value is -0.990. The minimum atomic E-state index is 0.629. The van der Waals surface area contributed by atoms with Crippen molar-refractivity contribution >= 4 is 22.6 Å². The second kappa shape index (κ2) is 3.64. The van der Waals surface area contributed by atoms with E-state index in [9.17, 15) is 0 Å². The van der Waals surface area contributed by atoms with Gasteiger partial charge in [-0.05, 0) is 34.7 Å². The van der Waals surface area contributed by atoms with E-state index in [4.69, 9.17) is 0 Å². The Balaban J connectivity index is 2.44. The lowest BCUT2D eigenvalue weighted by molar-refractivity contribution is 0.552. The van der Waals surface area contributed by atoms with Gasteiger partial charge in [-0.1, -0.05) is 0 Å². The number of hydrogen-bond acceptors (Lipinski definition) is 4. The van der Waals surface area contributed by atoms with Gasteiger partial charge in [0.05, 0.1) is 18.3 Å². The van der Waals surface area contributed by atoms with Crippen molar-refractivity contribution in [1.29, 1.82) is 0 Å². The number of rotatable bonds is 2. The van der Waals surface area contributed by atoms with Crippen LogP contribution in [0.25, 0.3) is 11.4 Å². The second-order valence-corrected chi connectivity index (χ2v) is 3.80. The average Bonchev–Trinajstić information content (AvgIpc) is 2.75. The van der Waals surface area contributed by atoms with E-state index in [1.807, 2.05) is 14.0 Å². The maximum atomic E-state index is 4.21. The molecule has 0 amide bonds. The molecule has 0 radical (unpaired) electrons. The van der Waals surface area contributed by atoms with Crippen molar-refractivity contribution in [3.63, 3.8) is 0 Å². The van der Waals surface area contributed by atoms with E-state index in [0.717, 1.165) is 15.8 Å². The van der Waals surface area contributed by atoms with Crippen LogP contribution < -0.4 is 0 Å². The third-order valence-corrected chi connectivity index (χ3v) is 3.12. The summed E-state index contributed by atoms with van der Waals surface area (Å²) in [6.45, 7) is 2.70. The largest absolute Gasteiger partial charge is 0.262 e. The van der Waals surface area contributed by atoms with Crippen molar-refractivity contribution in [2.75, 3.05) is 0 Å². The third kappa shape index (κ3) is 1.51. The molecular weight excluding hydrogens is 295 g/mol. The summed E-state index contributed by atoms with van der Waals surface area (Å²) in [7, 11) is 1.88. The Morgan fingerprint density at radius 3 is 2.79 bits per heavy atom. The summed E-state index contributed by atoms with van der Waals surface area (Å²) in [4.78, 5) is 1.55. The lowest BCUT2D eigenvalue weighted by atomic mass is 10.3. The van der Waals surface area contributed by atoms with Crippen molar-refractivity contribution in [3.8, 4) is 11.4 Å². The summed E-state index contributed by atoms with van der Waals surface area (Å²) in [5, 5.41) is 16.2. The van der Waals surface area contributed by atoms with Gasteiger partial charge >= 0.3 is 0 Å². The first-order valence-corrected chi connectivity index (χ1v) is 5.26. The summed E-state index contributed by atoms with van der Waals surface area (Å²) in [6.07, 6.45) is 1.75. The fourth-order valence-corrected chi connectivity index (χ4v) is 1.56.